The zero-order valence-electron chi connectivity index (χ0n) is 17.4. The number of sulfonamides is 1. The quantitative estimate of drug-likeness (QED) is 0.727. The third kappa shape index (κ3) is 5.14. The molecule has 2 rings (SSSR count). The lowest BCUT2D eigenvalue weighted by molar-refractivity contribution is -0.116. The number of benzene rings is 2. The topological polar surface area (TPSA) is 92.8 Å². The zero-order chi connectivity index (χ0) is 21.9. The molecule has 0 fully saturated rings. The molecule has 1 amide bonds. The lowest BCUT2D eigenvalue weighted by Gasteiger charge is -2.30. The van der Waals surface area contributed by atoms with Crippen molar-refractivity contribution in [2.75, 3.05) is 23.0 Å². The van der Waals surface area contributed by atoms with Crippen LogP contribution in [0.25, 0.3) is 0 Å². The molecule has 8 heteroatoms. The second kappa shape index (κ2) is 8.65. The van der Waals surface area contributed by atoms with Crippen molar-refractivity contribution in [1.29, 1.82) is 0 Å². The van der Waals surface area contributed by atoms with Gasteiger partial charge in [0.05, 0.1) is 24.6 Å². The molecule has 0 spiro atoms. The Labute approximate surface area is 171 Å². The number of amides is 1. The maximum atomic E-state index is 12.9. The number of nitrogens with zero attached hydrogens (tertiary/aromatic N) is 1. The summed E-state index contributed by atoms with van der Waals surface area (Å²) in [6.45, 7) is 6.95. The highest BCUT2D eigenvalue weighted by Gasteiger charge is 2.30. The van der Waals surface area contributed by atoms with Crippen molar-refractivity contribution in [3.63, 3.8) is 0 Å². The molecular weight excluding hydrogens is 392 g/mol. The van der Waals surface area contributed by atoms with Gasteiger partial charge in [-0.3, -0.25) is 9.10 Å². The molecule has 0 bridgehead atoms. The number of hydrogen-bond acceptors (Lipinski definition) is 5. The number of methoxy groups -OCH3 is 1. The van der Waals surface area contributed by atoms with Crippen LogP contribution in [0.2, 0.25) is 0 Å². The number of carbonyl (C=O) groups is 2. The molecule has 0 radical (unpaired) electrons. The number of rotatable bonds is 6. The first-order chi connectivity index (χ1) is 13.5. The summed E-state index contributed by atoms with van der Waals surface area (Å²) in [5.41, 5.74) is 3.51. The van der Waals surface area contributed by atoms with E-state index in [1.54, 1.807) is 32.0 Å². The van der Waals surface area contributed by atoms with E-state index in [1.807, 2.05) is 19.1 Å². The summed E-state index contributed by atoms with van der Waals surface area (Å²) in [6, 6.07) is 9.22. The fraction of sp³-hybridized carbons (Fsp3) is 0.333. The normalized spacial score (nSPS) is 12.2. The molecule has 0 heterocycles. The van der Waals surface area contributed by atoms with Gasteiger partial charge >= 0.3 is 5.97 Å². The van der Waals surface area contributed by atoms with Crippen molar-refractivity contribution >= 4 is 33.3 Å². The van der Waals surface area contributed by atoms with E-state index in [2.05, 4.69) is 5.32 Å². The largest absolute Gasteiger partial charge is 0.465 e. The van der Waals surface area contributed by atoms with E-state index < -0.39 is 27.9 Å². The molecule has 1 N–H and O–H groups in total. The van der Waals surface area contributed by atoms with E-state index in [1.165, 1.54) is 20.1 Å². The lowest BCUT2D eigenvalue weighted by Crippen LogP contribution is -2.45. The number of carbonyl (C=O) groups excluding carboxylic acids is 2. The number of esters is 1. The van der Waals surface area contributed by atoms with E-state index in [4.69, 9.17) is 4.74 Å². The van der Waals surface area contributed by atoms with Crippen molar-refractivity contribution in [3.8, 4) is 0 Å². The van der Waals surface area contributed by atoms with Crippen LogP contribution in [-0.4, -0.2) is 39.7 Å². The summed E-state index contributed by atoms with van der Waals surface area (Å²) in [6.07, 6.45) is 1.07. The molecule has 0 saturated heterocycles. The zero-order valence-corrected chi connectivity index (χ0v) is 18.3. The Balaban J connectivity index is 2.41. The molecule has 0 aliphatic heterocycles. The third-order valence-corrected chi connectivity index (χ3v) is 5.83. The number of anilines is 2. The van der Waals surface area contributed by atoms with Gasteiger partial charge in [0, 0.05) is 5.69 Å². The molecule has 0 aliphatic carbocycles. The Morgan fingerprint density at radius 3 is 2.24 bits per heavy atom. The average Bonchev–Trinajstić information content (AvgIpc) is 2.64. The van der Waals surface area contributed by atoms with Gasteiger partial charge in [0.1, 0.15) is 6.04 Å². The Kier molecular flexibility index (Phi) is 6.69. The van der Waals surface area contributed by atoms with Crippen LogP contribution < -0.4 is 9.62 Å². The minimum absolute atomic E-state index is 0.288. The number of aryl methyl sites for hydroxylation is 3. The monoisotopic (exact) mass is 418 g/mol. The molecule has 2 aromatic carbocycles. The van der Waals surface area contributed by atoms with Crippen molar-refractivity contribution in [1.82, 2.24) is 0 Å². The molecule has 2 aromatic rings. The summed E-state index contributed by atoms with van der Waals surface area (Å²) < 4.78 is 30.9. The standard InChI is InChI=1S/C21H26N2O5S/c1-13-7-8-15(3)19(11-13)23(29(6,26)27)16(4)20(24)22-18-12-17(21(25)28-5)10-9-14(18)2/h7-12,16H,1-6H3,(H,22,24)/t16-/m0/s1. The maximum absolute atomic E-state index is 12.9. The number of hydrogen-bond donors (Lipinski definition) is 1. The first kappa shape index (κ1) is 22.4. The van der Waals surface area contributed by atoms with Gasteiger partial charge < -0.3 is 10.1 Å². The van der Waals surface area contributed by atoms with Crippen LogP contribution in [0.5, 0.6) is 0 Å². The highest BCUT2D eigenvalue weighted by atomic mass is 32.2. The van der Waals surface area contributed by atoms with Crippen LogP contribution in [0.4, 0.5) is 11.4 Å². The minimum Gasteiger partial charge on any atom is -0.465 e. The first-order valence-corrected chi connectivity index (χ1v) is 10.9. The van der Waals surface area contributed by atoms with Gasteiger partial charge in [0.15, 0.2) is 0 Å². The minimum atomic E-state index is -3.73. The van der Waals surface area contributed by atoms with Crippen molar-refractivity contribution in [3.05, 3.63) is 58.7 Å². The van der Waals surface area contributed by atoms with Gasteiger partial charge in [0.25, 0.3) is 0 Å². The second-order valence-corrected chi connectivity index (χ2v) is 8.89. The van der Waals surface area contributed by atoms with Crippen molar-refractivity contribution in [2.24, 2.45) is 0 Å². The van der Waals surface area contributed by atoms with Gasteiger partial charge in [0.2, 0.25) is 15.9 Å². The van der Waals surface area contributed by atoms with Gasteiger partial charge in [-0.1, -0.05) is 18.2 Å². The van der Waals surface area contributed by atoms with Crippen molar-refractivity contribution in [2.45, 2.75) is 33.7 Å². The lowest BCUT2D eigenvalue weighted by atomic mass is 10.1. The summed E-state index contributed by atoms with van der Waals surface area (Å²) in [7, 11) is -2.46. The summed E-state index contributed by atoms with van der Waals surface area (Å²) in [5.74, 6) is -1.04. The predicted octanol–water partition coefficient (Wildman–Crippen LogP) is 3.19. The van der Waals surface area contributed by atoms with Gasteiger partial charge in [-0.2, -0.15) is 0 Å². The van der Waals surface area contributed by atoms with E-state index in [-0.39, 0.29) is 5.56 Å². The molecule has 156 valence electrons. The average molecular weight is 419 g/mol. The number of nitrogens with one attached hydrogen (secondary N) is 1. The molecular formula is C21H26N2O5S. The number of ether oxygens (including phenoxy) is 1. The van der Waals surface area contributed by atoms with Crippen LogP contribution >= 0.6 is 0 Å². The maximum Gasteiger partial charge on any atom is 0.337 e. The smallest absolute Gasteiger partial charge is 0.337 e. The van der Waals surface area contributed by atoms with Crippen LogP contribution in [0.15, 0.2) is 36.4 Å². The van der Waals surface area contributed by atoms with Gasteiger partial charge in [-0.05, 0) is 62.6 Å². The van der Waals surface area contributed by atoms with Gasteiger partial charge in [-0.15, -0.1) is 0 Å². The first-order valence-electron chi connectivity index (χ1n) is 9.02. The van der Waals surface area contributed by atoms with Crippen LogP contribution in [0, 0.1) is 20.8 Å². The van der Waals surface area contributed by atoms with Crippen LogP contribution in [0.3, 0.4) is 0 Å². The van der Waals surface area contributed by atoms with Crippen molar-refractivity contribution < 1.29 is 22.7 Å². The summed E-state index contributed by atoms with van der Waals surface area (Å²) in [4.78, 5) is 24.7. The Hall–Kier alpha value is -2.87. The fourth-order valence-corrected chi connectivity index (χ4v) is 4.20. The van der Waals surface area contributed by atoms with E-state index >= 15 is 0 Å². The Morgan fingerprint density at radius 1 is 1.03 bits per heavy atom. The molecule has 0 unspecified atom stereocenters. The summed E-state index contributed by atoms with van der Waals surface area (Å²) >= 11 is 0. The molecule has 0 saturated carbocycles. The molecule has 0 aliphatic rings. The highest BCUT2D eigenvalue weighted by Crippen LogP contribution is 2.27. The van der Waals surface area contributed by atoms with E-state index in [0.717, 1.165) is 27.3 Å². The molecule has 1 atom stereocenters. The Bertz CT molecular complexity index is 1050. The summed E-state index contributed by atoms with van der Waals surface area (Å²) in [5, 5.41) is 2.73. The van der Waals surface area contributed by atoms with E-state index in [0.29, 0.717) is 11.4 Å². The molecule has 29 heavy (non-hydrogen) atoms. The SMILES string of the molecule is COC(=O)c1ccc(C)c(NC(=O)[C@H](C)N(c2cc(C)ccc2C)S(C)(=O)=O)c1. The van der Waals surface area contributed by atoms with Crippen LogP contribution in [0.1, 0.15) is 34.0 Å². The highest BCUT2D eigenvalue weighted by molar-refractivity contribution is 7.92. The van der Waals surface area contributed by atoms with Crippen LogP contribution in [-0.2, 0) is 19.6 Å². The molecule has 0 aromatic heterocycles. The Morgan fingerprint density at radius 2 is 1.66 bits per heavy atom. The second-order valence-electron chi connectivity index (χ2n) is 7.04. The van der Waals surface area contributed by atoms with Gasteiger partial charge in [-0.25, -0.2) is 13.2 Å². The van der Waals surface area contributed by atoms with E-state index in [9.17, 15) is 18.0 Å². The fourth-order valence-electron chi connectivity index (χ4n) is 2.98. The molecule has 7 nitrogen and oxygen atoms in total. The predicted molar refractivity (Wildman–Crippen MR) is 114 cm³/mol. The third-order valence-electron chi connectivity index (χ3n) is 4.61.